The second-order valence-corrected chi connectivity index (χ2v) is 5.79. The molecule has 0 fully saturated rings. The molecule has 0 aliphatic carbocycles. The molecule has 2 aromatic carbocycles. The lowest BCUT2D eigenvalue weighted by Crippen LogP contribution is -2.12. The van der Waals surface area contributed by atoms with Gasteiger partial charge in [0, 0.05) is 5.56 Å². The molecule has 2 rings (SSSR count). The summed E-state index contributed by atoms with van der Waals surface area (Å²) in [6, 6.07) is 16.3. The number of amidine groups is 1. The van der Waals surface area contributed by atoms with Crippen molar-refractivity contribution in [3.8, 4) is 11.1 Å². The Kier molecular flexibility index (Phi) is 3.43. The average Bonchev–Trinajstić information content (AvgIpc) is 2.38. The smallest absolute Gasteiger partial charge is 0.123 e. The van der Waals surface area contributed by atoms with Crippen LogP contribution in [-0.4, -0.2) is 5.84 Å². The van der Waals surface area contributed by atoms with E-state index in [1.807, 2.05) is 24.3 Å². The van der Waals surface area contributed by atoms with Crippen LogP contribution in [0.2, 0.25) is 0 Å². The molecule has 19 heavy (non-hydrogen) atoms. The predicted octanol–water partition coefficient (Wildman–Crippen LogP) is 3.94. The molecule has 98 valence electrons. The lowest BCUT2D eigenvalue weighted by molar-refractivity contribution is 0.590. The Hall–Kier alpha value is -2.09. The third-order valence-corrected chi connectivity index (χ3v) is 3.28. The van der Waals surface area contributed by atoms with E-state index < -0.39 is 0 Å². The van der Waals surface area contributed by atoms with Crippen LogP contribution in [0.3, 0.4) is 0 Å². The summed E-state index contributed by atoms with van der Waals surface area (Å²) in [5.74, 6) is 0.107. The van der Waals surface area contributed by atoms with E-state index in [0.29, 0.717) is 0 Å². The number of nitrogens with two attached hydrogens (primary N) is 1. The fraction of sp³-hybridized carbons (Fsp3) is 0.235. The van der Waals surface area contributed by atoms with Gasteiger partial charge in [-0.3, -0.25) is 5.41 Å². The van der Waals surface area contributed by atoms with E-state index in [-0.39, 0.29) is 11.3 Å². The van der Waals surface area contributed by atoms with Crippen molar-refractivity contribution in [2.24, 2.45) is 5.73 Å². The summed E-state index contributed by atoms with van der Waals surface area (Å²) >= 11 is 0. The molecule has 2 nitrogen and oxygen atoms in total. The van der Waals surface area contributed by atoms with E-state index in [1.54, 1.807) is 0 Å². The van der Waals surface area contributed by atoms with Gasteiger partial charge in [0.2, 0.25) is 0 Å². The molecule has 2 aromatic rings. The van der Waals surface area contributed by atoms with Crippen LogP contribution in [0, 0.1) is 5.41 Å². The summed E-state index contributed by atoms with van der Waals surface area (Å²) in [5.41, 5.74) is 9.98. The van der Waals surface area contributed by atoms with Crippen molar-refractivity contribution >= 4 is 5.84 Å². The maximum absolute atomic E-state index is 7.64. The quantitative estimate of drug-likeness (QED) is 0.617. The van der Waals surface area contributed by atoms with Crippen LogP contribution >= 0.6 is 0 Å². The fourth-order valence-electron chi connectivity index (χ4n) is 2.12. The molecule has 0 aromatic heterocycles. The van der Waals surface area contributed by atoms with Gasteiger partial charge in [0.25, 0.3) is 0 Å². The Balaban J connectivity index is 2.46. The molecule has 0 saturated heterocycles. The molecule has 0 heterocycles. The Morgan fingerprint density at radius 2 is 1.53 bits per heavy atom. The van der Waals surface area contributed by atoms with Gasteiger partial charge in [0.05, 0.1) is 0 Å². The maximum Gasteiger partial charge on any atom is 0.123 e. The highest BCUT2D eigenvalue weighted by atomic mass is 14.7. The SMILES string of the molecule is CC(C)(C)c1ccc(-c2ccccc2C(=N)N)cc1. The van der Waals surface area contributed by atoms with Gasteiger partial charge in [-0.2, -0.15) is 0 Å². The van der Waals surface area contributed by atoms with Gasteiger partial charge in [0.1, 0.15) is 5.84 Å². The van der Waals surface area contributed by atoms with E-state index in [4.69, 9.17) is 11.1 Å². The van der Waals surface area contributed by atoms with Crippen molar-refractivity contribution in [2.45, 2.75) is 26.2 Å². The van der Waals surface area contributed by atoms with Gasteiger partial charge < -0.3 is 5.73 Å². The van der Waals surface area contributed by atoms with Crippen LogP contribution in [0.4, 0.5) is 0 Å². The van der Waals surface area contributed by atoms with E-state index in [0.717, 1.165) is 16.7 Å². The first kappa shape index (κ1) is 13.3. The van der Waals surface area contributed by atoms with Crippen LogP contribution < -0.4 is 5.73 Å². The summed E-state index contributed by atoms with van der Waals surface area (Å²) < 4.78 is 0. The maximum atomic E-state index is 7.64. The Morgan fingerprint density at radius 1 is 0.947 bits per heavy atom. The summed E-state index contributed by atoms with van der Waals surface area (Å²) in [7, 11) is 0. The Bertz CT molecular complexity index is 589. The molecular formula is C17H20N2. The molecule has 0 bridgehead atoms. The van der Waals surface area contributed by atoms with Crippen LogP contribution in [0.5, 0.6) is 0 Å². The van der Waals surface area contributed by atoms with E-state index in [2.05, 4.69) is 45.0 Å². The lowest BCUT2D eigenvalue weighted by atomic mass is 9.86. The number of nitrogen functional groups attached to an aromatic ring is 1. The molecule has 0 atom stereocenters. The first-order chi connectivity index (χ1) is 8.89. The zero-order valence-electron chi connectivity index (χ0n) is 11.7. The molecule has 0 unspecified atom stereocenters. The highest BCUT2D eigenvalue weighted by Gasteiger charge is 2.13. The minimum Gasteiger partial charge on any atom is -0.384 e. The van der Waals surface area contributed by atoms with Crippen molar-refractivity contribution in [3.05, 3.63) is 59.7 Å². The van der Waals surface area contributed by atoms with E-state index >= 15 is 0 Å². The molecule has 0 aliphatic heterocycles. The summed E-state index contributed by atoms with van der Waals surface area (Å²) in [5, 5.41) is 7.64. The first-order valence-electron chi connectivity index (χ1n) is 6.44. The minimum absolute atomic E-state index is 0.107. The zero-order valence-corrected chi connectivity index (χ0v) is 11.7. The summed E-state index contributed by atoms with van der Waals surface area (Å²) in [4.78, 5) is 0. The number of hydrogen-bond donors (Lipinski definition) is 2. The summed E-state index contributed by atoms with van der Waals surface area (Å²) in [6.45, 7) is 6.60. The van der Waals surface area contributed by atoms with E-state index in [9.17, 15) is 0 Å². The third kappa shape index (κ3) is 2.84. The second kappa shape index (κ2) is 4.88. The molecule has 2 heteroatoms. The molecule has 0 radical (unpaired) electrons. The lowest BCUT2D eigenvalue weighted by Gasteiger charge is -2.19. The van der Waals surface area contributed by atoms with Crippen molar-refractivity contribution in [1.29, 1.82) is 5.41 Å². The predicted molar refractivity (Wildman–Crippen MR) is 81.6 cm³/mol. The zero-order chi connectivity index (χ0) is 14.0. The topological polar surface area (TPSA) is 49.9 Å². The average molecular weight is 252 g/mol. The number of hydrogen-bond acceptors (Lipinski definition) is 1. The molecule has 0 spiro atoms. The molecule has 0 amide bonds. The minimum atomic E-state index is 0.107. The second-order valence-electron chi connectivity index (χ2n) is 5.79. The van der Waals surface area contributed by atoms with Gasteiger partial charge >= 0.3 is 0 Å². The fourth-order valence-corrected chi connectivity index (χ4v) is 2.12. The number of benzene rings is 2. The normalized spacial score (nSPS) is 11.3. The standard InChI is InChI=1S/C17H20N2/c1-17(2,3)13-10-8-12(9-11-13)14-6-4-5-7-15(14)16(18)19/h4-11H,1-3H3,(H3,18,19). The van der Waals surface area contributed by atoms with Gasteiger partial charge in [-0.15, -0.1) is 0 Å². The van der Waals surface area contributed by atoms with Crippen LogP contribution in [-0.2, 0) is 5.41 Å². The van der Waals surface area contributed by atoms with Crippen molar-refractivity contribution in [3.63, 3.8) is 0 Å². The summed E-state index contributed by atoms with van der Waals surface area (Å²) in [6.07, 6.45) is 0. The van der Waals surface area contributed by atoms with Crippen LogP contribution in [0.25, 0.3) is 11.1 Å². The monoisotopic (exact) mass is 252 g/mol. The molecule has 0 saturated carbocycles. The van der Waals surface area contributed by atoms with Gasteiger partial charge in [-0.25, -0.2) is 0 Å². The molecule has 3 N–H and O–H groups in total. The Morgan fingerprint density at radius 3 is 2.05 bits per heavy atom. The van der Waals surface area contributed by atoms with Crippen LogP contribution in [0.1, 0.15) is 31.9 Å². The molecular weight excluding hydrogens is 232 g/mol. The van der Waals surface area contributed by atoms with E-state index in [1.165, 1.54) is 5.56 Å². The highest BCUT2D eigenvalue weighted by Crippen LogP contribution is 2.27. The number of rotatable bonds is 2. The first-order valence-corrected chi connectivity index (χ1v) is 6.44. The molecule has 0 aliphatic rings. The van der Waals surface area contributed by atoms with Crippen molar-refractivity contribution in [1.82, 2.24) is 0 Å². The highest BCUT2D eigenvalue weighted by molar-refractivity contribution is 6.01. The third-order valence-electron chi connectivity index (χ3n) is 3.28. The van der Waals surface area contributed by atoms with Gasteiger partial charge in [0.15, 0.2) is 0 Å². The van der Waals surface area contributed by atoms with Crippen molar-refractivity contribution in [2.75, 3.05) is 0 Å². The largest absolute Gasteiger partial charge is 0.384 e. The Labute approximate surface area is 114 Å². The van der Waals surface area contributed by atoms with Crippen LogP contribution in [0.15, 0.2) is 48.5 Å². The van der Waals surface area contributed by atoms with Gasteiger partial charge in [-0.05, 0) is 22.1 Å². The number of nitrogens with one attached hydrogen (secondary N) is 1. The van der Waals surface area contributed by atoms with Gasteiger partial charge in [-0.1, -0.05) is 69.3 Å². The van der Waals surface area contributed by atoms with Crippen molar-refractivity contribution < 1.29 is 0 Å².